The molecule has 0 N–H and O–H groups in total. The molecule has 0 unspecified atom stereocenters. The fourth-order valence-electron chi connectivity index (χ4n) is 6.47. The molecule has 0 atom stereocenters. The minimum Gasteiger partial charge on any atom is -0.299 e. The van der Waals surface area contributed by atoms with Crippen molar-refractivity contribution in [2.75, 3.05) is 13.1 Å². The molecule has 1 saturated carbocycles. The van der Waals surface area contributed by atoms with E-state index in [0.717, 1.165) is 30.7 Å². The molecule has 0 amide bonds. The predicted molar refractivity (Wildman–Crippen MR) is 137 cm³/mol. The highest BCUT2D eigenvalue weighted by Gasteiger charge is 2.32. The van der Waals surface area contributed by atoms with Crippen LogP contribution in [0.3, 0.4) is 0 Å². The van der Waals surface area contributed by atoms with Gasteiger partial charge in [0.05, 0.1) is 0 Å². The zero-order valence-corrected chi connectivity index (χ0v) is 21.2. The first kappa shape index (κ1) is 23.5. The highest BCUT2D eigenvalue weighted by molar-refractivity contribution is 5.42. The molecule has 0 bridgehead atoms. The van der Waals surface area contributed by atoms with Crippen LogP contribution >= 0.6 is 0 Å². The van der Waals surface area contributed by atoms with Crippen LogP contribution in [0, 0.1) is 20.8 Å². The summed E-state index contributed by atoms with van der Waals surface area (Å²) >= 11 is 0. The number of aromatic nitrogens is 1. The van der Waals surface area contributed by atoms with E-state index in [0.29, 0.717) is 0 Å². The average Bonchev–Trinajstić information content (AvgIpc) is 2.76. The Balaban J connectivity index is 1.46. The van der Waals surface area contributed by atoms with Gasteiger partial charge in [-0.3, -0.25) is 9.88 Å². The summed E-state index contributed by atoms with van der Waals surface area (Å²) in [6.07, 6.45) is 13.8. The molecule has 1 aromatic heterocycles. The van der Waals surface area contributed by atoms with E-state index in [9.17, 15) is 0 Å². The lowest BCUT2D eigenvalue weighted by molar-refractivity contribution is 0.0861. The minimum atomic E-state index is 0.723. The molecule has 32 heavy (non-hydrogen) atoms. The van der Waals surface area contributed by atoms with Crippen LogP contribution in [0.5, 0.6) is 0 Å². The van der Waals surface area contributed by atoms with E-state index in [2.05, 4.69) is 62.7 Å². The highest BCUT2D eigenvalue weighted by atomic mass is 15.2. The summed E-state index contributed by atoms with van der Waals surface area (Å²) in [7, 11) is 0. The molecular weight excluding hydrogens is 388 g/mol. The summed E-state index contributed by atoms with van der Waals surface area (Å²) in [5, 5.41) is 0. The number of nitrogens with zero attached hydrogens (tertiary/aromatic N) is 2. The van der Waals surface area contributed by atoms with Crippen LogP contribution in [0.15, 0.2) is 24.4 Å². The van der Waals surface area contributed by atoms with Crippen molar-refractivity contribution < 1.29 is 0 Å². The van der Waals surface area contributed by atoms with E-state index in [1.807, 2.05) is 6.20 Å². The second-order valence-electron chi connectivity index (χ2n) is 10.6. The first-order valence-corrected chi connectivity index (χ1v) is 13.3. The first-order chi connectivity index (χ1) is 15.5. The molecule has 4 rings (SSSR count). The van der Waals surface area contributed by atoms with Gasteiger partial charge in [0, 0.05) is 36.9 Å². The molecule has 174 valence electrons. The lowest BCUT2D eigenvalue weighted by atomic mass is 9.80. The van der Waals surface area contributed by atoms with Gasteiger partial charge in [0.15, 0.2) is 0 Å². The maximum atomic E-state index is 4.68. The zero-order valence-electron chi connectivity index (χ0n) is 21.2. The molecule has 1 aliphatic carbocycles. The van der Waals surface area contributed by atoms with Crippen LogP contribution in [0.2, 0.25) is 0 Å². The van der Waals surface area contributed by atoms with E-state index in [4.69, 9.17) is 0 Å². The molecular formula is C30H44N2. The third-order valence-corrected chi connectivity index (χ3v) is 8.54. The van der Waals surface area contributed by atoms with Crippen molar-refractivity contribution >= 4 is 0 Å². The van der Waals surface area contributed by atoms with E-state index in [1.165, 1.54) is 80.4 Å². The molecule has 2 aromatic rings. The molecule has 1 saturated heterocycles. The van der Waals surface area contributed by atoms with Gasteiger partial charge in [-0.05, 0) is 105 Å². The molecule has 1 aromatic carbocycles. The number of benzene rings is 1. The molecule has 2 heterocycles. The van der Waals surface area contributed by atoms with Crippen LogP contribution in [0.25, 0.3) is 0 Å². The summed E-state index contributed by atoms with van der Waals surface area (Å²) in [5.41, 5.74) is 10.5. The Hall–Kier alpha value is -1.67. The number of hydrogen-bond donors (Lipinski definition) is 0. The van der Waals surface area contributed by atoms with Crippen molar-refractivity contribution in [3.63, 3.8) is 0 Å². The Morgan fingerprint density at radius 3 is 2.12 bits per heavy atom. The molecule has 0 spiro atoms. The van der Waals surface area contributed by atoms with E-state index < -0.39 is 0 Å². The largest absolute Gasteiger partial charge is 0.299 e. The third-order valence-electron chi connectivity index (χ3n) is 8.54. The van der Waals surface area contributed by atoms with Crippen molar-refractivity contribution in [3.8, 4) is 0 Å². The number of rotatable bonds is 8. The van der Waals surface area contributed by atoms with Gasteiger partial charge in [0.2, 0.25) is 0 Å². The van der Waals surface area contributed by atoms with E-state index in [1.54, 1.807) is 16.7 Å². The summed E-state index contributed by atoms with van der Waals surface area (Å²) in [6, 6.07) is 8.09. The molecule has 0 radical (unpaired) electrons. The van der Waals surface area contributed by atoms with Crippen molar-refractivity contribution in [1.29, 1.82) is 0 Å². The number of likely N-dealkylation sites (tertiary alicyclic amines) is 1. The van der Waals surface area contributed by atoms with Gasteiger partial charge in [0.25, 0.3) is 0 Å². The van der Waals surface area contributed by atoms with Gasteiger partial charge in [-0.25, -0.2) is 0 Å². The molecule has 2 nitrogen and oxygen atoms in total. The van der Waals surface area contributed by atoms with Crippen LogP contribution in [0.1, 0.15) is 110 Å². The highest BCUT2D eigenvalue weighted by Crippen LogP contribution is 2.36. The van der Waals surface area contributed by atoms with Crippen LogP contribution < -0.4 is 0 Å². The number of aryl methyl sites for hydroxylation is 3. The maximum absolute atomic E-state index is 4.68. The third kappa shape index (κ3) is 4.96. The molecule has 2 aliphatic rings. The maximum Gasteiger partial charge on any atom is 0.0407 e. The SMILES string of the molecule is CCC(CC)N1CC(c2cc(C)c(CCc3c(C4CCCCC4)ccnc3C)c(C)c2)C1. The summed E-state index contributed by atoms with van der Waals surface area (Å²) in [4.78, 5) is 7.36. The molecule has 1 aliphatic heterocycles. The first-order valence-electron chi connectivity index (χ1n) is 13.3. The lowest BCUT2D eigenvalue weighted by Gasteiger charge is -2.44. The molecule has 2 fully saturated rings. The Morgan fingerprint density at radius 1 is 0.875 bits per heavy atom. The second-order valence-corrected chi connectivity index (χ2v) is 10.6. The van der Waals surface area contributed by atoms with Gasteiger partial charge in [-0.15, -0.1) is 0 Å². The summed E-state index contributed by atoms with van der Waals surface area (Å²) in [6.45, 7) is 14.0. The van der Waals surface area contributed by atoms with Gasteiger partial charge >= 0.3 is 0 Å². The Morgan fingerprint density at radius 2 is 1.50 bits per heavy atom. The monoisotopic (exact) mass is 432 g/mol. The molecule has 2 heteroatoms. The van der Waals surface area contributed by atoms with E-state index in [-0.39, 0.29) is 0 Å². The Bertz CT molecular complexity index is 876. The van der Waals surface area contributed by atoms with Crippen molar-refractivity contribution in [3.05, 3.63) is 63.5 Å². The second kappa shape index (κ2) is 10.5. The normalized spacial score (nSPS) is 18.3. The summed E-state index contributed by atoms with van der Waals surface area (Å²) < 4.78 is 0. The quantitative estimate of drug-likeness (QED) is 0.431. The topological polar surface area (TPSA) is 16.1 Å². The fourth-order valence-corrected chi connectivity index (χ4v) is 6.47. The average molecular weight is 433 g/mol. The smallest absolute Gasteiger partial charge is 0.0407 e. The van der Waals surface area contributed by atoms with Crippen LogP contribution in [0.4, 0.5) is 0 Å². The van der Waals surface area contributed by atoms with Crippen molar-refractivity contribution in [2.24, 2.45) is 0 Å². The van der Waals surface area contributed by atoms with Crippen molar-refractivity contribution in [2.45, 2.75) is 110 Å². The van der Waals surface area contributed by atoms with Gasteiger partial charge in [-0.2, -0.15) is 0 Å². The number of pyridine rings is 1. The Kier molecular flexibility index (Phi) is 7.71. The predicted octanol–water partition coefficient (Wildman–Crippen LogP) is 7.43. The number of hydrogen-bond acceptors (Lipinski definition) is 2. The van der Waals surface area contributed by atoms with Gasteiger partial charge in [0.1, 0.15) is 0 Å². The Labute approximate surface area is 196 Å². The fraction of sp³-hybridized carbons (Fsp3) is 0.633. The van der Waals surface area contributed by atoms with Gasteiger partial charge < -0.3 is 0 Å². The summed E-state index contributed by atoms with van der Waals surface area (Å²) in [5.74, 6) is 1.47. The van der Waals surface area contributed by atoms with E-state index >= 15 is 0 Å². The van der Waals surface area contributed by atoms with Crippen molar-refractivity contribution in [1.82, 2.24) is 9.88 Å². The van der Waals surface area contributed by atoms with Gasteiger partial charge in [-0.1, -0.05) is 45.2 Å². The minimum absolute atomic E-state index is 0.723. The van der Waals surface area contributed by atoms with Crippen LogP contribution in [-0.2, 0) is 12.8 Å². The van der Waals surface area contributed by atoms with Crippen LogP contribution in [-0.4, -0.2) is 29.0 Å². The standard InChI is InChI=1S/C30H44N2/c1-6-27(7-2)32-19-26(20-32)25-17-21(3)28(22(4)18-25)13-14-29-23(5)31-16-15-30(29)24-11-9-8-10-12-24/h15-18,24,26-27H,6-14,19-20H2,1-5H3. The lowest BCUT2D eigenvalue weighted by Crippen LogP contribution is -2.50. The zero-order chi connectivity index (χ0) is 22.7.